The lowest BCUT2D eigenvalue weighted by atomic mass is 10.1. The maximum Gasteiger partial charge on any atom is 0.233 e. The molecule has 0 fully saturated rings. The fraction of sp³-hybridized carbons (Fsp3) is 0.148. The Morgan fingerprint density at radius 2 is 1.33 bits per heavy atom. The van der Waals surface area contributed by atoms with Crippen LogP contribution in [0.3, 0.4) is 0 Å². The highest BCUT2D eigenvalue weighted by Crippen LogP contribution is 2.24. The summed E-state index contributed by atoms with van der Waals surface area (Å²) in [5, 5.41) is 2.43. The van der Waals surface area contributed by atoms with E-state index < -0.39 is 0 Å². The Kier molecular flexibility index (Phi) is 6.83. The minimum Gasteiger partial charge on any atom is -0.337 e. The molecular formula is C27H25NOS. The molecule has 2 nitrogen and oxygen atoms in total. The number of hydrogen-bond acceptors (Lipinski definition) is 2. The van der Waals surface area contributed by atoms with Crippen LogP contribution in [0, 0.1) is 0 Å². The number of rotatable bonds is 8. The highest BCUT2D eigenvalue weighted by molar-refractivity contribution is 8.00. The van der Waals surface area contributed by atoms with Crippen molar-refractivity contribution in [2.24, 2.45) is 0 Å². The summed E-state index contributed by atoms with van der Waals surface area (Å²) in [5.74, 6) is 0.618. The van der Waals surface area contributed by atoms with E-state index in [9.17, 15) is 4.79 Å². The monoisotopic (exact) mass is 411 g/mol. The third-order valence-electron chi connectivity index (χ3n) is 5.17. The second kappa shape index (κ2) is 10.1. The first kappa shape index (κ1) is 20.2. The summed E-state index contributed by atoms with van der Waals surface area (Å²) >= 11 is 1.61. The fourth-order valence-electron chi connectivity index (χ4n) is 3.50. The van der Waals surface area contributed by atoms with Gasteiger partial charge in [-0.3, -0.25) is 4.79 Å². The highest BCUT2D eigenvalue weighted by Gasteiger charge is 2.15. The Hall–Kier alpha value is -3.04. The van der Waals surface area contributed by atoms with Crippen LogP contribution >= 0.6 is 11.8 Å². The third kappa shape index (κ3) is 5.52. The lowest BCUT2D eigenvalue weighted by molar-refractivity contribution is -0.128. The lowest BCUT2D eigenvalue weighted by Gasteiger charge is -2.23. The van der Waals surface area contributed by atoms with Crippen LogP contribution in [0.25, 0.3) is 10.8 Å². The van der Waals surface area contributed by atoms with Gasteiger partial charge in [-0.1, -0.05) is 91.0 Å². The molecule has 0 unspecified atom stereocenters. The highest BCUT2D eigenvalue weighted by atomic mass is 32.2. The minimum absolute atomic E-state index is 0.174. The summed E-state index contributed by atoms with van der Waals surface area (Å²) in [5.41, 5.74) is 2.42. The van der Waals surface area contributed by atoms with Crippen LogP contribution in [0.1, 0.15) is 11.1 Å². The van der Waals surface area contributed by atoms with E-state index >= 15 is 0 Å². The number of hydrogen-bond donors (Lipinski definition) is 0. The van der Waals surface area contributed by atoms with Crippen LogP contribution in [-0.4, -0.2) is 23.1 Å². The molecule has 4 aromatic carbocycles. The molecule has 0 N–H and O–H groups in total. The van der Waals surface area contributed by atoms with Crippen LogP contribution in [0.2, 0.25) is 0 Å². The van der Waals surface area contributed by atoms with Gasteiger partial charge in [0.15, 0.2) is 0 Å². The smallest absolute Gasteiger partial charge is 0.233 e. The van der Waals surface area contributed by atoms with Gasteiger partial charge in [-0.25, -0.2) is 0 Å². The Labute approximate surface area is 182 Å². The van der Waals surface area contributed by atoms with E-state index in [1.165, 1.54) is 16.3 Å². The number of carbonyl (C=O) groups excluding carboxylic acids is 1. The van der Waals surface area contributed by atoms with Crippen LogP contribution < -0.4 is 0 Å². The Morgan fingerprint density at radius 1 is 0.700 bits per heavy atom. The molecule has 0 aromatic heterocycles. The molecule has 3 heteroatoms. The summed E-state index contributed by atoms with van der Waals surface area (Å²) in [6.45, 7) is 1.36. The van der Waals surface area contributed by atoms with Gasteiger partial charge in [-0.2, -0.15) is 0 Å². The van der Waals surface area contributed by atoms with Crippen molar-refractivity contribution in [1.82, 2.24) is 4.90 Å². The second-order valence-corrected chi connectivity index (χ2v) is 8.38. The molecule has 0 atom stereocenters. The van der Waals surface area contributed by atoms with E-state index in [1.54, 1.807) is 11.8 Å². The van der Waals surface area contributed by atoms with E-state index in [-0.39, 0.29) is 5.91 Å². The van der Waals surface area contributed by atoms with Crippen LogP contribution in [0.5, 0.6) is 0 Å². The van der Waals surface area contributed by atoms with E-state index in [4.69, 9.17) is 0 Å². The first-order chi connectivity index (χ1) is 14.8. The summed E-state index contributed by atoms with van der Waals surface area (Å²) in [4.78, 5) is 16.2. The third-order valence-corrected chi connectivity index (χ3v) is 6.14. The number of thioether (sulfide) groups is 1. The van der Waals surface area contributed by atoms with Crippen molar-refractivity contribution in [3.63, 3.8) is 0 Å². The molecule has 0 heterocycles. The van der Waals surface area contributed by atoms with Gasteiger partial charge in [0.2, 0.25) is 5.91 Å². The SMILES string of the molecule is O=C(CSc1ccc2ccccc2c1)N(CCc1ccccc1)Cc1ccccc1. The van der Waals surface area contributed by atoms with E-state index in [1.807, 2.05) is 53.4 Å². The van der Waals surface area contributed by atoms with Gasteiger partial charge in [0.05, 0.1) is 5.75 Å². The molecule has 0 radical (unpaired) electrons. The van der Waals surface area contributed by atoms with E-state index in [0.29, 0.717) is 12.3 Å². The molecule has 0 aliphatic heterocycles. The largest absolute Gasteiger partial charge is 0.337 e. The molecule has 150 valence electrons. The van der Waals surface area contributed by atoms with Crippen LogP contribution in [0.15, 0.2) is 108 Å². The zero-order valence-corrected chi connectivity index (χ0v) is 17.7. The van der Waals surface area contributed by atoms with Gasteiger partial charge in [0.1, 0.15) is 0 Å². The molecule has 0 bridgehead atoms. The maximum absolute atomic E-state index is 13.1. The molecule has 4 rings (SSSR count). The summed E-state index contributed by atoms with van der Waals surface area (Å²) in [6, 6.07) is 35.3. The molecule has 0 aliphatic rings. The van der Waals surface area contributed by atoms with E-state index in [2.05, 4.69) is 54.6 Å². The normalized spacial score (nSPS) is 10.8. The van der Waals surface area contributed by atoms with Gasteiger partial charge in [-0.15, -0.1) is 11.8 Å². The first-order valence-electron chi connectivity index (χ1n) is 10.3. The fourth-order valence-corrected chi connectivity index (χ4v) is 4.35. The average Bonchev–Trinajstić information content (AvgIpc) is 2.81. The van der Waals surface area contributed by atoms with Crippen molar-refractivity contribution in [3.05, 3.63) is 114 Å². The van der Waals surface area contributed by atoms with Gasteiger partial charge in [0.25, 0.3) is 0 Å². The van der Waals surface area contributed by atoms with Crippen molar-refractivity contribution in [1.29, 1.82) is 0 Å². The number of benzene rings is 4. The number of fused-ring (bicyclic) bond motifs is 1. The van der Waals surface area contributed by atoms with Crippen molar-refractivity contribution in [2.75, 3.05) is 12.3 Å². The van der Waals surface area contributed by atoms with Crippen LogP contribution in [0.4, 0.5) is 0 Å². The van der Waals surface area contributed by atoms with Crippen molar-refractivity contribution in [2.45, 2.75) is 17.9 Å². The summed E-state index contributed by atoms with van der Waals surface area (Å²) < 4.78 is 0. The Bertz CT molecular complexity index is 1100. The van der Waals surface area contributed by atoms with Gasteiger partial charge in [-0.05, 0) is 40.5 Å². The molecule has 30 heavy (non-hydrogen) atoms. The molecule has 0 spiro atoms. The van der Waals surface area contributed by atoms with Crippen molar-refractivity contribution in [3.8, 4) is 0 Å². The zero-order valence-electron chi connectivity index (χ0n) is 16.9. The summed E-state index contributed by atoms with van der Waals surface area (Å²) in [7, 11) is 0. The van der Waals surface area contributed by atoms with Gasteiger partial charge < -0.3 is 4.90 Å². The number of nitrogens with zero attached hydrogens (tertiary/aromatic N) is 1. The van der Waals surface area contributed by atoms with Gasteiger partial charge in [0, 0.05) is 18.0 Å². The predicted molar refractivity (Wildman–Crippen MR) is 127 cm³/mol. The molecule has 0 saturated carbocycles. The summed E-state index contributed by atoms with van der Waals surface area (Å²) in [6.07, 6.45) is 0.861. The molecule has 0 aliphatic carbocycles. The lowest BCUT2D eigenvalue weighted by Crippen LogP contribution is -2.33. The topological polar surface area (TPSA) is 20.3 Å². The number of carbonyl (C=O) groups is 1. The van der Waals surface area contributed by atoms with Gasteiger partial charge >= 0.3 is 0 Å². The Balaban J connectivity index is 1.43. The molecular weight excluding hydrogens is 386 g/mol. The predicted octanol–water partition coefficient (Wildman–Crippen LogP) is 6.20. The average molecular weight is 412 g/mol. The van der Waals surface area contributed by atoms with E-state index in [0.717, 1.165) is 23.4 Å². The number of amides is 1. The standard InChI is InChI=1S/C27H25NOS/c29-27(21-30-26-16-15-24-13-7-8-14-25(24)19-26)28(20-23-11-5-2-6-12-23)18-17-22-9-3-1-4-10-22/h1-16,19H,17-18,20-21H2. The quantitative estimate of drug-likeness (QED) is 0.322. The molecule has 0 saturated heterocycles. The zero-order chi connectivity index (χ0) is 20.6. The Morgan fingerprint density at radius 3 is 2.07 bits per heavy atom. The van der Waals surface area contributed by atoms with Crippen molar-refractivity contribution < 1.29 is 4.79 Å². The van der Waals surface area contributed by atoms with Crippen LogP contribution in [-0.2, 0) is 17.8 Å². The molecule has 4 aromatic rings. The maximum atomic E-state index is 13.1. The minimum atomic E-state index is 0.174. The van der Waals surface area contributed by atoms with Crippen molar-refractivity contribution >= 4 is 28.4 Å². The second-order valence-electron chi connectivity index (χ2n) is 7.33. The molecule has 1 amide bonds. The first-order valence-corrected chi connectivity index (χ1v) is 11.2.